The van der Waals surface area contributed by atoms with Crippen molar-refractivity contribution < 1.29 is 19.2 Å². The second-order valence-electron chi connectivity index (χ2n) is 3.07. The Hall–Kier alpha value is -1.47. The second kappa shape index (κ2) is 5.92. The molecule has 98 valence electrons. The van der Waals surface area contributed by atoms with Crippen molar-refractivity contribution in [2.45, 2.75) is 4.90 Å². The molecule has 0 aliphatic carbocycles. The molecule has 0 spiro atoms. The highest BCUT2D eigenvalue weighted by Crippen LogP contribution is 2.45. The summed E-state index contributed by atoms with van der Waals surface area (Å²) in [5.41, 5.74) is -0.304. The summed E-state index contributed by atoms with van der Waals surface area (Å²) in [6, 6.07) is 1.33. The van der Waals surface area contributed by atoms with Gasteiger partial charge in [-0.15, -0.1) is 11.8 Å². The van der Waals surface area contributed by atoms with E-state index in [0.717, 1.165) is 11.8 Å². The van der Waals surface area contributed by atoms with E-state index in [1.165, 1.54) is 20.3 Å². The van der Waals surface area contributed by atoms with Crippen molar-refractivity contribution in [3.63, 3.8) is 0 Å². The van der Waals surface area contributed by atoms with Gasteiger partial charge in [0.15, 0.2) is 5.75 Å². The molecule has 0 saturated heterocycles. The first kappa shape index (κ1) is 14.6. The maximum atomic E-state index is 11.3. The Bertz CT molecular complexity index is 506. The summed E-state index contributed by atoms with van der Waals surface area (Å²) in [7, 11) is 2.61. The zero-order valence-electron chi connectivity index (χ0n) is 9.85. The molecular formula is C10H10ClNO5S. The van der Waals surface area contributed by atoms with Crippen LogP contribution in [0.15, 0.2) is 11.0 Å². The summed E-state index contributed by atoms with van der Waals surface area (Å²) in [6.07, 6.45) is 1.61. The molecule has 0 aliphatic heterocycles. The van der Waals surface area contributed by atoms with Crippen LogP contribution in [0.5, 0.6) is 11.5 Å². The van der Waals surface area contributed by atoms with Gasteiger partial charge in [-0.2, -0.15) is 0 Å². The average Bonchev–Trinajstić information content (AvgIpc) is 2.35. The number of benzene rings is 1. The van der Waals surface area contributed by atoms with E-state index >= 15 is 0 Å². The van der Waals surface area contributed by atoms with E-state index in [4.69, 9.17) is 21.1 Å². The quantitative estimate of drug-likeness (QED) is 0.359. The number of nitro benzene ring substituents is 1. The van der Waals surface area contributed by atoms with Gasteiger partial charge in [-0.05, 0) is 23.9 Å². The van der Waals surface area contributed by atoms with Crippen molar-refractivity contribution in [2.24, 2.45) is 0 Å². The minimum atomic E-state index is -0.789. The van der Waals surface area contributed by atoms with Crippen LogP contribution in [0.3, 0.4) is 0 Å². The molecule has 0 heterocycles. The van der Waals surface area contributed by atoms with Crippen LogP contribution in [-0.4, -0.2) is 30.6 Å². The van der Waals surface area contributed by atoms with Crippen LogP contribution in [-0.2, 0) is 0 Å². The Morgan fingerprint density at radius 1 is 1.44 bits per heavy atom. The smallest absolute Gasteiger partial charge is 0.329 e. The lowest BCUT2D eigenvalue weighted by Crippen LogP contribution is -2.03. The molecular weight excluding hydrogens is 282 g/mol. The van der Waals surface area contributed by atoms with Gasteiger partial charge >= 0.3 is 5.69 Å². The molecule has 0 radical (unpaired) electrons. The number of halogens is 1. The predicted octanol–water partition coefficient (Wildman–Crippen LogP) is 2.71. The van der Waals surface area contributed by atoms with Crippen molar-refractivity contribution in [3.05, 3.63) is 21.7 Å². The third-order valence-electron chi connectivity index (χ3n) is 2.20. The Balaban J connectivity index is 3.75. The normalized spacial score (nSPS) is 10.0. The lowest BCUT2D eigenvalue weighted by molar-refractivity contribution is -0.388. The summed E-state index contributed by atoms with van der Waals surface area (Å²) in [5.74, 6) is 0.0551. The highest BCUT2D eigenvalue weighted by Gasteiger charge is 2.30. The summed E-state index contributed by atoms with van der Waals surface area (Å²) in [6.45, 7) is 0. The maximum absolute atomic E-state index is 11.3. The third kappa shape index (κ3) is 2.51. The molecule has 0 N–H and O–H groups in total. The van der Waals surface area contributed by atoms with Gasteiger partial charge in [0.2, 0.25) is 5.75 Å². The van der Waals surface area contributed by atoms with Gasteiger partial charge < -0.3 is 9.47 Å². The van der Waals surface area contributed by atoms with Crippen LogP contribution in [0.1, 0.15) is 10.4 Å². The van der Waals surface area contributed by atoms with Crippen LogP contribution < -0.4 is 9.47 Å². The van der Waals surface area contributed by atoms with Crippen molar-refractivity contribution in [1.82, 2.24) is 0 Å². The molecule has 6 nitrogen and oxygen atoms in total. The Kier molecular flexibility index (Phi) is 4.80. The lowest BCUT2D eigenvalue weighted by atomic mass is 10.1. The zero-order chi connectivity index (χ0) is 13.9. The fourth-order valence-corrected chi connectivity index (χ4v) is 2.41. The van der Waals surface area contributed by atoms with Gasteiger partial charge in [-0.1, -0.05) is 0 Å². The van der Waals surface area contributed by atoms with Gasteiger partial charge in [0.05, 0.1) is 24.7 Å². The van der Waals surface area contributed by atoms with Crippen LogP contribution >= 0.6 is 23.4 Å². The second-order valence-corrected chi connectivity index (χ2v) is 4.23. The molecule has 0 aromatic heterocycles. The van der Waals surface area contributed by atoms with E-state index in [2.05, 4.69) is 0 Å². The number of methoxy groups -OCH3 is 2. The highest BCUT2D eigenvalue weighted by atomic mass is 35.5. The van der Waals surface area contributed by atoms with E-state index < -0.39 is 10.2 Å². The maximum Gasteiger partial charge on any atom is 0.329 e. The topological polar surface area (TPSA) is 78.7 Å². The standard InChI is InChI=1S/C10H10ClNO5S/c1-16-6-4-5(10(11)13)9(18-3)7(12(14)15)8(6)17-2/h4H,1-3H3. The molecule has 18 heavy (non-hydrogen) atoms. The molecule has 0 fully saturated rings. The van der Waals surface area contributed by atoms with Gasteiger partial charge in [0.25, 0.3) is 5.24 Å². The Labute approximate surface area is 112 Å². The number of thioether (sulfide) groups is 1. The van der Waals surface area contributed by atoms with Gasteiger partial charge in [-0.3, -0.25) is 14.9 Å². The number of rotatable bonds is 5. The monoisotopic (exact) mass is 291 g/mol. The molecule has 0 saturated carbocycles. The molecule has 0 amide bonds. The van der Waals surface area contributed by atoms with Crippen LogP contribution in [0, 0.1) is 10.1 Å². The van der Waals surface area contributed by atoms with Crippen molar-refractivity contribution in [2.75, 3.05) is 20.5 Å². The van der Waals surface area contributed by atoms with Crippen LogP contribution in [0.2, 0.25) is 0 Å². The SMILES string of the molecule is COc1cc(C(=O)Cl)c(SC)c([N+](=O)[O-])c1OC. The highest BCUT2D eigenvalue weighted by molar-refractivity contribution is 7.98. The summed E-state index contributed by atoms with van der Waals surface area (Å²) in [5, 5.41) is 10.3. The molecule has 8 heteroatoms. The minimum Gasteiger partial charge on any atom is -0.493 e. The van der Waals surface area contributed by atoms with E-state index in [0.29, 0.717) is 0 Å². The zero-order valence-corrected chi connectivity index (χ0v) is 11.4. The number of hydrogen-bond acceptors (Lipinski definition) is 6. The lowest BCUT2D eigenvalue weighted by Gasteiger charge is -2.12. The molecule has 0 bridgehead atoms. The summed E-state index contributed by atoms with van der Waals surface area (Å²) >= 11 is 6.46. The van der Waals surface area contributed by atoms with Crippen LogP contribution in [0.25, 0.3) is 0 Å². The number of carbonyl (C=O) groups is 1. The fraction of sp³-hybridized carbons (Fsp3) is 0.300. The number of nitro groups is 1. The first-order chi connectivity index (χ1) is 8.47. The first-order valence-corrected chi connectivity index (χ1v) is 6.25. The minimum absolute atomic E-state index is 0.0218. The Morgan fingerprint density at radius 3 is 2.39 bits per heavy atom. The van der Waals surface area contributed by atoms with Crippen molar-refractivity contribution in [1.29, 1.82) is 0 Å². The van der Waals surface area contributed by atoms with Gasteiger partial charge in [-0.25, -0.2) is 0 Å². The number of hydrogen-bond donors (Lipinski definition) is 0. The summed E-state index contributed by atoms with van der Waals surface area (Å²) in [4.78, 5) is 21.9. The fourth-order valence-electron chi connectivity index (χ4n) is 1.48. The molecule has 1 aromatic rings. The van der Waals surface area contributed by atoms with Crippen molar-refractivity contribution in [3.8, 4) is 11.5 Å². The molecule has 1 aromatic carbocycles. The third-order valence-corrected chi connectivity index (χ3v) is 3.22. The van der Waals surface area contributed by atoms with Gasteiger partial charge in [0.1, 0.15) is 4.90 Å². The number of nitrogens with zero attached hydrogens (tertiary/aromatic N) is 1. The van der Waals surface area contributed by atoms with Crippen LogP contribution in [0.4, 0.5) is 5.69 Å². The first-order valence-electron chi connectivity index (χ1n) is 4.65. The molecule has 0 unspecified atom stereocenters. The van der Waals surface area contributed by atoms with Gasteiger partial charge in [0, 0.05) is 0 Å². The molecule has 0 aliphatic rings. The summed E-state index contributed by atoms with van der Waals surface area (Å²) < 4.78 is 9.94. The Morgan fingerprint density at radius 2 is 2.06 bits per heavy atom. The largest absolute Gasteiger partial charge is 0.493 e. The molecule has 0 atom stereocenters. The van der Waals surface area contributed by atoms with Crippen molar-refractivity contribution >= 4 is 34.3 Å². The van der Waals surface area contributed by atoms with E-state index in [-0.39, 0.29) is 27.6 Å². The number of carbonyl (C=O) groups excluding carboxylic acids is 1. The van der Waals surface area contributed by atoms with E-state index in [1.807, 2.05) is 0 Å². The predicted molar refractivity (Wildman–Crippen MR) is 68.2 cm³/mol. The number of ether oxygens (including phenoxy) is 2. The average molecular weight is 292 g/mol. The van der Waals surface area contributed by atoms with E-state index in [9.17, 15) is 14.9 Å². The van der Waals surface area contributed by atoms with E-state index in [1.54, 1.807) is 6.26 Å². The molecule has 1 rings (SSSR count).